The maximum atomic E-state index is 12.7. The highest BCUT2D eigenvalue weighted by molar-refractivity contribution is 5.22. The number of hydrogen-bond acceptors (Lipinski definition) is 1. The molecule has 1 aromatic rings. The van der Waals surface area contributed by atoms with E-state index in [0.29, 0.717) is 6.42 Å². The van der Waals surface area contributed by atoms with Crippen molar-refractivity contribution in [3.8, 4) is 0 Å². The van der Waals surface area contributed by atoms with Gasteiger partial charge in [0.25, 0.3) is 0 Å². The largest absolute Gasteiger partial charge is 0.385 e. The summed E-state index contributed by atoms with van der Waals surface area (Å²) < 4.78 is 12.7. The van der Waals surface area contributed by atoms with Crippen LogP contribution in [-0.2, 0) is 5.60 Å². The van der Waals surface area contributed by atoms with Gasteiger partial charge in [-0.05, 0) is 30.5 Å². The molecule has 1 nitrogen and oxygen atoms in total. The number of hydrogen-bond donors (Lipinski definition) is 1. The summed E-state index contributed by atoms with van der Waals surface area (Å²) in [5.41, 5.74) is 0.0193. The quantitative estimate of drug-likeness (QED) is 0.783. The second-order valence-electron chi connectivity index (χ2n) is 3.64. The van der Waals surface area contributed by atoms with Gasteiger partial charge in [-0.25, -0.2) is 4.39 Å². The van der Waals surface area contributed by atoms with Gasteiger partial charge in [-0.1, -0.05) is 32.4 Å². The molecular weight excluding hydrogens is 179 g/mol. The Morgan fingerprint density at radius 2 is 1.79 bits per heavy atom. The van der Waals surface area contributed by atoms with Gasteiger partial charge in [-0.2, -0.15) is 0 Å². The van der Waals surface area contributed by atoms with Crippen molar-refractivity contribution < 1.29 is 9.50 Å². The number of halogens is 1. The zero-order valence-electron chi connectivity index (χ0n) is 8.76. The molecule has 0 saturated heterocycles. The Morgan fingerprint density at radius 3 is 2.21 bits per heavy atom. The number of aliphatic hydroxyl groups is 1. The van der Waals surface area contributed by atoms with E-state index >= 15 is 0 Å². The van der Waals surface area contributed by atoms with Crippen molar-refractivity contribution in [2.24, 2.45) is 0 Å². The average Bonchev–Trinajstić information content (AvgIpc) is 2.19. The molecular formula is C12H17FO. The van der Waals surface area contributed by atoms with Crippen LogP contribution in [0, 0.1) is 5.82 Å². The maximum absolute atomic E-state index is 12.7. The first kappa shape index (κ1) is 11.2. The summed E-state index contributed by atoms with van der Waals surface area (Å²) in [6.45, 7) is 3.98. The highest BCUT2D eigenvalue weighted by Gasteiger charge is 2.25. The van der Waals surface area contributed by atoms with Crippen molar-refractivity contribution in [1.82, 2.24) is 0 Å². The minimum atomic E-state index is -0.789. The summed E-state index contributed by atoms with van der Waals surface area (Å²) in [5.74, 6) is -0.260. The predicted octanol–water partition coefficient (Wildman–Crippen LogP) is 3.22. The molecule has 0 saturated carbocycles. The summed E-state index contributed by atoms with van der Waals surface area (Å²) in [4.78, 5) is 0. The van der Waals surface area contributed by atoms with Crippen LogP contribution in [0.3, 0.4) is 0 Å². The molecule has 1 aromatic carbocycles. The first-order valence-electron chi connectivity index (χ1n) is 5.11. The molecule has 0 heterocycles. The minimum Gasteiger partial charge on any atom is -0.385 e. The zero-order chi connectivity index (χ0) is 10.6. The second-order valence-corrected chi connectivity index (χ2v) is 3.64. The van der Waals surface area contributed by atoms with Gasteiger partial charge >= 0.3 is 0 Å². The first-order valence-corrected chi connectivity index (χ1v) is 5.11. The van der Waals surface area contributed by atoms with Crippen LogP contribution in [0.25, 0.3) is 0 Å². The van der Waals surface area contributed by atoms with E-state index in [2.05, 4.69) is 0 Å². The van der Waals surface area contributed by atoms with Gasteiger partial charge < -0.3 is 5.11 Å². The van der Waals surface area contributed by atoms with E-state index in [4.69, 9.17) is 0 Å². The monoisotopic (exact) mass is 196 g/mol. The molecule has 2 heteroatoms. The summed E-state index contributed by atoms with van der Waals surface area (Å²) in [6, 6.07) is 6.11. The highest BCUT2D eigenvalue weighted by Crippen LogP contribution is 2.29. The highest BCUT2D eigenvalue weighted by atomic mass is 19.1. The summed E-state index contributed by atoms with van der Waals surface area (Å²) >= 11 is 0. The van der Waals surface area contributed by atoms with E-state index in [-0.39, 0.29) is 5.82 Å². The Balaban J connectivity index is 2.94. The molecule has 0 aromatic heterocycles. The predicted molar refractivity (Wildman–Crippen MR) is 55.5 cm³/mol. The van der Waals surface area contributed by atoms with Gasteiger partial charge in [0.2, 0.25) is 0 Å². The molecule has 0 amide bonds. The standard InChI is InChI=1S/C12H17FO/c1-3-9-12(14,4-2)10-5-7-11(13)8-6-10/h5-8,14H,3-4,9H2,1-2H3. The summed E-state index contributed by atoms with van der Waals surface area (Å²) in [5, 5.41) is 10.3. The van der Waals surface area contributed by atoms with Gasteiger partial charge in [0.15, 0.2) is 0 Å². The molecule has 0 spiro atoms. The SMILES string of the molecule is CCCC(O)(CC)c1ccc(F)cc1. The Hall–Kier alpha value is -0.890. The van der Waals surface area contributed by atoms with Crippen molar-refractivity contribution in [3.05, 3.63) is 35.6 Å². The molecule has 1 unspecified atom stereocenters. The van der Waals surface area contributed by atoms with E-state index in [9.17, 15) is 9.50 Å². The van der Waals surface area contributed by atoms with Crippen molar-refractivity contribution in [1.29, 1.82) is 0 Å². The zero-order valence-corrected chi connectivity index (χ0v) is 8.76. The lowest BCUT2D eigenvalue weighted by Gasteiger charge is -2.26. The normalized spacial score (nSPS) is 15.1. The molecule has 1 atom stereocenters. The Labute approximate surface area is 84.6 Å². The third-order valence-corrected chi connectivity index (χ3v) is 2.63. The van der Waals surface area contributed by atoms with E-state index in [1.165, 1.54) is 12.1 Å². The van der Waals surface area contributed by atoms with Crippen LogP contribution in [0.2, 0.25) is 0 Å². The lowest BCUT2D eigenvalue weighted by molar-refractivity contribution is 0.0225. The molecule has 0 bridgehead atoms. The van der Waals surface area contributed by atoms with Crippen LogP contribution >= 0.6 is 0 Å². The Morgan fingerprint density at radius 1 is 1.21 bits per heavy atom. The number of benzene rings is 1. The van der Waals surface area contributed by atoms with Crippen LogP contribution in [0.1, 0.15) is 38.7 Å². The molecule has 78 valence electrons. The van der Waals surface area contributed by atoms with E-state index < -0.39 is 5.60 Å². The van der Waals surface area contributed by atoms with Crippen molar-refractivity contribution in [2.75, 3.05) is 0 Å². The van der Waals surface area contributed by atoms with Crippen molar-refractivity contribution in [3.63, 3.8) is 0 Å². The molecule has 0 fully saturated rings. The van der Waals surface area contributed by atoms with Gasteiger partial charge in [0.05, 0.1) is 5.60 Å². The first-order chi connectivity index (χ1) is 6.62. The molecule has 0 radical (unpaired) electrons. The molecule has 0 aliphatic carbocycles. The fourth-order valence-corrected chi connectivity index (χ4v) is 1.70. The van der Waals surface area contributed by atoms with Crippen molar-refractivity contribution in [2.45, 2.75) is 38.7 Å². The van der Waals surface area contributed by atoms with Crippen LogP contribution in [0.15, 0.2) is 24.3 Å². The number of rotatable bonds is 4. The smallest absolute Gasteiger partial charge is 0.123 e. The fraction of sp³-hybridized carbons (Fsp3) is 0.500. The third kappa shape index (κ3) is 2.32. The van der Waals surface area contributed by atoms with Crippen LogP contribution in [0.4, 0.5) is 4.39 Å². The van der Waals surface area contributed by atoms with Gasteiger partial charge in [-0.3, -0.25) is 0 Å². The minimum absolute atomic E-state index is 0.260. The second kappa shape index (κ2) is 4.56. The van der Waals surface area contributed by atoms with Gasteiger partial charge in [0, 0.05) is 0 Å². The fourth-order valence-electron chi connectivity index (χ4n) is 1.70. The van der Waals surface area contributed by atoms with Crippen LogP contribution in [0.5, 0.6) is 0 Å². The lowest BCUT2D eigenvalue weighted by Crippen LogP contribution is -2.24. The molecule has 1 rings (SSSR count). The molecule has 1 N–H and O–H groups in total. The lowest BCUT2D eigenvalue weighted by atomic mass is 9.87. The van der Waals surface area contributed by atoms with Gasteiger partial charge in [-0.15, -0.1) is 0 Å². The summed E-state index contributed by atoms with van der Waals surface area (Å²) in [6.07, 6.45) is 2.29. The topological polar surface area (TPSA) is 20.2 Å². The third-order valence-electron chi connectivity index (χ3n) is 2.63. The molecule has 0 aliphatic rings. The Kier molecular flexibility index (Phi) is 3.64. The van der Waals surface area contributed by atoms with Gasteiger partial charge in [0.1, 0.15) is 5.82 Å². The van der Waals surface area contributed by atoms with E-state index in [1.54, 1.807) is 12.1 Å². The Bertz CT molecular complexity index is 281. The van der Waals surface area contributed by atoms with Crippen molar-refractivity contribution >= 4 is 0 Å². The van der Waals surface area contributed by atoms with E-state index in [1.807, 2.05) is 13.8 Å². The van der Waals surface area contributed by atoms with Crippen LogP contribution < -0.4 is 0 Å². The molecule has 0 aliphatic heterocycles. The average molecular weight is 196 g/mol. The summed E-state index contributed by atoms with van der Waals surface area (Å²) in [7, 11) is 0. The van der Waals surface area contributed by atoms with Crippen LogP contribution in [-0.4, -0.2) is 5.11 Å². The van der Waals surface area contributed by atoms with E-state index in [0.717, 1.165) is 18.4 Å². The molecule has 14 heavy (non-hydrogen) atoms. The maximum Gasteiger partial charge on any atom is 0.123 e.